The van der Waals surface area contributed by atoms with E-state index in [4.69, 9.17) is 4.74 Å². The molecular weight excluding hydrogens is 400 g/mol. The number of carbonyl (C=O) groups is 2. The van der Waals surface area contributed by atoms with Gasteiger partial charge in [0, 0.05) is 26.6 Å². The number of fused-ring (bicyclic) bond motifs is 1. The van der Waals surface area contributed by atoms with Gasteiger partial charge in [0.1, 0.15) is 0 Å². The Morgan fingerprint density at radius 3 is 2.38 bits per heavy atom. The van der Waals surface area contributed by atoms with E-state index >= 15 is 0 Å². The van der Waals surface area contributed by atoms with Crippen LogP contribution in [0.4, 0.5) is 0 Å². The van der Waals surface area contributed by atoms with E-state index in [0.29, 0.717) is 26.1 Å². The highest BCUT2D eigenvalue weighted by Crippen LogP contribution is 2.29. The summed E-state index contributed by atoms with van der Waals surface area (Å²) in [6, 6.07) is 8.39. The number of amides is 2. The van der Waals surface area contributed by atoms with Gasteiger partial charge in [-0.2, -0.15) is 0 Å². The molecule has 5 heteroatoms. The smallest absolute Gasteiger partial charge is 0.242 e. The first kappa shape index (κ1) is 26.4. The van der Waals surface area contributed by atoms with Crippen molar-refractivity contribution in [2.24, 2.45) is 0 Å². The van der Waals surface area contributed by atoms with Crippen molar-refractivity contribution in [2.45, 2.75) is 90.5 Å². The van der Waals surface area contributed by atoms with E-state index in [1.807, 2.05) is 11.0 Å². The molecule has 0 spiro atoms. The molecule has 1 heterocycles. The Bertz CT molecular complexity index is 691. The normalized spacial score (nSPS) is 15.5. The number of methoxy groups -OCH3 is 1. The third kappa shape index (κ3) is 8.57. The van der Waals surface area contributed by atoms with Gasteiger partial charge in [0.25, 0.3) is 0 Å². The lowest BCUT2D eigenvalue weighted by Crippen LogP contribution is -2.46. The van der Waals surface area contributed by atoms with Gasteiger partial charge in [-0.3, -0.25) is 9.59 Å². The molecule has 0 saturated heterocycles. The fourth-order valence-corrected chi connectivity index (χ4v) is 4.61. The van der Waals surface area contributed by atoms with Crippen LogP contribution >= 0.6 is 0 Å². The van der Waals surface area contributed by atoms with Crippen molar-refractivity contribution in [1.82, 2.24) is 9.80 Å². The topological polar surface area (TPSA) is 49.9 Å². The van der Waals surface area contributed by atoms with Crippen LogP contribution < -0.4 is 0 Å². The van der Waals surface area contributed by atoms with Crippen molar-refractivity contribution in [1.29, 1.82) is 0 Å². The third-order valence-corrected chi connectivity index (χ3v) is 6.65. The molecule has 0 bridgehead atoms. The molecule has 1 aromatic carbocycles. The number of hydrogen-bond acceptors (Lipinski definition) is 3. The maximum absolute atomic E-state index is 13.1. The van der Waals surface area contributed by atoms with Crippen LogP contribution in [-0.2, 0) is 20.7 Å². The lowest BCUT2D eigenvalue weighted by molar-refractivity contribution is -0.142. The van der Waals surface area contributed by atoms with E-state index in [-0.39, 0.29) is 24.4 Å². The average molecular weight is 445 g/mol. The third-order valence-electron chi connectivity index (χ3n) is 6.65. The minimum absolute atomic E-state index is 0.0311. The molecule has 0 fully saturated rings. The summed E-state index contributed by atoms with van der Waals surface area (Å²) >= 11 is 0. The molecule has 0 aliphatic carbocycles. The highest BCUT2D eigenvalue weighted by Gasteiger charge is 2.29. The Morgan fingerprint density at radius 1 is 1.03 bits per heavy atom. The lowest BCUT2D eigenvalue weighted by Gasteiger charge is -2.36. The lowest BCUT2D eigenvalue weighted by atomic mass is 9.93. The zero-order valence-electron chi connectivity index (χ0n) is 20.6. The molecule has 2 amide bonds. The minimum atomic E-state index is 0.0311. The molecule has 0 saturated carbocycles. The van der Waals surface area contributed by atoms with Crippen molar-refractivity contribution in [3.8, 4) is 0 Å². The summed E-state index contributed by atoms with van der Waals surface area (Å²) in [5, 5.41) is 0. The summed E-state index contributed by atoms with van der Waals surface area (Å²) in [7, 11) is 1.63. The Kier molecular flexibility index (Phi) is 12.4. The van der Waals surface area contributed by atoms with E-state index in [1.165, 1.54) is 56.1 Å². The molecule has 32 heavy (non-hydrogen) atoms. The first-order valence-corrected chi connectivity index (χ1v) is 12.7. The van der Waals surface area contributed by atoms with Gasteiger partial charge in [-0.15, -0.1) is 0 Å². The Labute approximate surface area is 195 Å². The summed E-state index contributed by atoms with van der Waals surface area (Å²) in [6.07, 6.45) is 12.4. The molecule has 1 aliphatic heterocycles. The van der Waals surface area contributed by atoms with Gasteiger partial charge < -0.3 is 14.5 Å². The number of nitrogens with zero attached hydrogens (tertiary/aromatic N) is 2. The number of ether oxygens (including phenoxy) is 1. The second-order valence-corrected chi connectivity index (χ2v) is 9.10. The highest BCUT2D eigenvalue weighted by atomic mass is 16.5. The molecule has 0 aromatic heterocycles. The maximum Gasteiger partial charge on any atom is 0.242 e. The van der Waals surface area contributed by atoms with Crippen LogP contribution in [0.1, 0.15) is 95.2 Å². The van der Waals surface area contributed by atoms with Gasteiger partial charge in [0.05, 0.1) is 19.2 Å². The Morgan fingerprint density at radius 2 is 1.69 bits per heavy atom. The standard InChI is InChI=1S/C27H44N2O3/c1-4-5-6-7-8-9-10-11-12-17-26(30)28(20-21-32-3)22-27(31)29-19-18-24-15-13-14-16-25(24)23(29)2/h13-16,23H,4-12,17-22H2,1-3H3. The number of rotatable bonds is 15. The zero-order chi connectivity index (χ0) is 23.2. The molecule has 1 aliphatic rings. The largest absolute Gasteiger partial charge is 0.383 e. The van der Waals surface area contributed by atoms with Crippen LogP contribution in [-0.4, -0.2) is 55.0 Å². The quantitative estimate of drug-likeness (QED) is 0.334. The predicted octanol–water partition coefficient (Wildman–Crippen LogP) is 5.53. The fraction of sp³-hybridized carbons (Fsp3) is 0.704. The Hall–Kier alpha value is -1.88. The van der Waals surface area contributed by atoms with Gasteiger partial charge in [-0.25, -0.2) is 0 Å². The average Bonchev–Trinajstić information content (AvgIpc) is 2.80. The van der Waals surface area contributed by atoms with Gasteiger partial charge in [0.2, 0.25) is 11.8 Å². The van der Waals surface area contributed by atoms with Gasteiger partial charge in [0.15, 0.2) is 0 Å². The summed E-state index contributed by atoms with van der Waals surface area (Å²) in [5.41, 5.74) is 2.54. The van der Waals surface area contributed by atoms with Crippen molar-refractivity contribution in [3.05, 3.63) is 35.4 Å². The fourth-order valence-electron chi connectivity index (χ4n) is 4.61. The van der Waals surface area contributed by atoms with Crippen molar-refractivity contribution < 1.29 is 14.3 Å². The van der Waals surface area contributed by atoms with E-state index in [9.17, 15) is 9.59 Å². The van der Waals surface area contributed by atoms with Crippen molar-refractivity contribution in [2.75, 3.05) is 33.4 Å². The molecule has 1 aromatic rings. The second-order valence-electron chi connectivity index (χ2n) is 9.10. The van der Waals surface area contributed by atoms with E-state index in [2.05, 4.69) is 32.0 Å². The van der Waals surface area contributed by atoms with Crippen molar-refractivity contribution >= 4 is 11.8 Å². The van der Waals surface area contributed by atoms with E-state index in [1.54, 1.807) is 12.0 Å². The zero-order valence-corrected chi connectivity index (χ0v) is 20.6. The van der Waals surface area contributed by atoms with Gasteiger partial charge in [-0.1, -0.05) is 82.6 Å². The number of benzene rings is 1. The van der Waals surface area contributed by atoms with Crippen LogP contribution in [0.5, 0.6) is 0 Å². The van der Waals surface area contributed by atoms with Crippen LogP contribution in [0.2, 0.25) is 0 Å². The SMILES string of the molecule is CCCCCCCCCCCC(=O)N(CCOC)CC(=O)N1CCc2ccccc2C1C. The summed E-state index contributed by atoms with van der Waals surface area (Å²) in [6.45, 7) is 6.10. The van der Waals surface area contributed by atoms with Gasteiger partial charge in [-0.05, 0) is 30.9 Å². The minimum Gasteiger partial charge on any atom is -0.383 e. The van der Waals surface area contributed by atoms with Gasteiger partial charge >= 0.3 is 0 Å². The molecule has 0 N–H and O–H groups in total. The van der Waals surface area contributed by atoms with Crippen LogP contribution in [0, 0.1) is 0 Å². The molecule has 2 rings (SSSR count). The second kappa shape index (κ2) is 15.0. The van der Waals surface area contributed by atoms with Crippen LogP contribution in [0.15, 0.2) is 24.3 Å². The van der Waals surface area contributed by atoms with Crippen LogP contribution in [0.3, 0.4) is 0 Å². The first-order valence-electron chi connectivity index (χ1n) is 12.7. The van der Waals surface area contributed by atoms with Crippen LogP contribution in [0.25, 0.3) is 0 Å². The number of hydrogen-bond donors (Lipinski definition) is 0. The molecule has 180 valence electrons. The molecular formula is C27H44N2O3. The number of unbranched alkanes of at least 4 members (excludes halogenated alkanes) is 8. The monoisotopic (exact) mass is 444 g/mol. The first-order chi connectivity index (χ1) is 15.6. The Balaban J connectivity index is 1.78. The summed E-state index contributed by atoms with van der Waals surface area (Å²) in [4.78, 5) is 29.6. The predicted molar refractivity (Wildman–Crippen MR) is 131 cm³/mol. The molecule has 1 unspecified atom stereocenters. The summed E-state index contributed by atoms with van der Waals surface area (Å²) < 4.78 is 5.20. The molecule has 0 radical (unpaired) electrons. The highest BCUT2D eigenvalue weighted by molar-refractivity contribution is 5.85. The van der Waals surface area contributed by atoms with E-state index in [0.717, 1.165) is 19.3 Å². The molecule has 5 nitrogen and oxygen atoms in total. The molecule has 1 atom stereocenters. The van der Waals surface area contributed by atoms with Crippen molar-refractivity contribution in [3.63, 3.8) is 0 Å². The summed E-state index contributed by atoms with van der Waals surface area (Å²) in [5.74, 6) is 0.104. The van der Waals surface area contributed by atoms with E-state index < -0.39 is 0 Å². The maximum atomic E-state index is 13.1. The number of carbonyl (C=O) groups excluding carboxylic acids is 2.